The van der Waals surface area contributed by atoms with Gasteiger partial charge in [-0.05, 0) is 24.1 Å². The Morgan fingerprint density at radius 3 is 2.80 bits per heavy atom. The van der Waals surface area contributed by atoms with Crippen molar-refractivity contribution >= 4 is 17.4 Å². The van der Waals surface area contributed by atoms with Crippen molar-refractivity contribution < 1.29 is 14.3 Å². The molecule has 3 N–H and O–H groups in total. The number of urea groups is 1. The molecule has 0 aliphatic carbocycles. The van der Waals surface area contributed by atoms with Gasteiger partial charge in [-0.2, -0.15) is 4.39 Å². The molecule has 1 aromatic carbocycles. The molecule has 0 unspecified atom stereocenters. The van der Waals surface area contributed by atoms with E-state index in [0.717, 1.165) is 11.6 Å². The number of anilines is 2. The summed E-state index contributed by atoms with van der Waals surface area (Å²) in [4.78, 5) is 15.2. The fraction of sp³-hybridized carbons (Fsp3) is 0.143. The number of aromatic nitrogens is 1. The van der Waals surface area contributed by atoms with Gasteiger partial charge in [0.25, 0.3) is 0 Å². The molecule has 0 saturated heterocycles. The number of nitrogens with one attached hydrogen (secondary N) is 2. The van der Waals surface area contributed by atoms with Gasteiger partial charge in [0, 0.05) is 30.2 Å². The Hall–Kier alpha value is -2.47. The van der Waals surface area contributed by atoms with E-state index in [9.17, 15) is 9.18 Å². The molecule has 2 aromatic rings. The standard InChI is InChI=1S/C14H14FN3O2/c15-13-9-11(5-7-16-13)17-14(20)18-12-4-2-1-3-10(12)6-8-19/h1-5,7,9,19H,6,8H2,(H2,16,17,18,20). The van der Waals surface area contributed by atoms with Crippen molar-refractivity contribution in [3.05, 3.63) is 54.1 Å². The van der Waals surface area contributed by atoms with Crippen molar-refractivity contribution in [1.82, 2.24) is 4.98 Å². The van der Waals surface area contributed by atoms with Gasteiger partial charge in [-0.25, -0.2) is 9.78 Å². The van der Waals surface area contributed by atoms with Crippen LogP contribution in [0.25, 0.3) is 0 Å². The quantitative estimate of drug-likeness (QED) is 0.750. The molecule has 20 heavy (non-hydrogen) atoms. The Labute approximate surface area is 115 Å². The zero-order valence-corrected chi connectivity index (χ0v) is 10.6. The van der Waals surface area contributed by atoms with E-state index in [0.29, 0.717) is 17.8 Å². The van der Waals surface area contributed by atoms with Gasteiger partial charge in [-0.15, -0.1) is 0 Å². The van der Waals surface area contributed by atoms with Gasteiger partial charge in [-0.3, -0.25) is 0 Å². The highest BCUT2D eigenvalue weighted by atomic mass is 19.1. The number of carbonyl (C=O) groups is 1. The molecule has 0 saturated carbocycles. The van der Waals surface area contributed by atoms with E-state index in [1.165, 1.54) is 12.3 Å². The molecule has 0 fully saturated rings. The summed E-state index contributed by atoms with van der Waals surface area (Å²) in [5.74, 6) is -0.663. The summed E-state index contributed by atoms with van der Waals surface area (Å²) in [7, 11) is 0. The van der Waals surface area contributed by atoms with E-state index >= 15 is 0 Å². The molecule has 0 aliphatic rings. The molecule has 0 bridgehead atoms. The molecule has 0 atom stereocenters. The van der Waals surface area contributed by atoms with Crippen LogP contribution in [0, 0.1) is 5.95 Å². The van der Waals surface area contributed by atoms with Gasteiger partial charge in [0.15, 0.2) is 0 Å². The number of pyridine rings is 1. The van der Waals surface area contributed by atoms with E-state index in [1.807, 2.05) is 12.1 Å². The molecule has 0 spiro atoms. The molecule has 0 radical (unpaired) electrons. The van der Waals surface area contributed by atoms with Crippen molar-refractivity contribution in [3.8, 4) is 0 Å². The molecule has 6 heteroatoms. The van der Waals surface area contributed by atoms with Crippen molar-refractivity contribution in [2.45, 2.75) is 6.42 Å². The molecule has 5 nitrogen and oxygen atoms in total. The Morgan fingerprint density at radius 2 is 2.05 bits per heavy atom. The van der Waals surface area contributed by atoms with Crippen molar-refractivity contribution in [2.75, 3.05) is 17.2 Å². The van der Waals surface area contributed by atoms with Crippen LogP contribution < -0.4 is 10.6 Å². The summed E-state index contributed by atoms with van der Waals surface area (Å²) in [6, 6.07) is 9.28. The average Bonchev–Trinajstić information content (AvgIpc) is 2.41. The molecule has 0 aliphatic heterocycles. The molecular formula is C14H14FN3O2. The maximum atomic E-state index is 12.9. The van der Waals surface area contributed by atoms with Gasteiger partial charge in [-0.1, -0.05) is 18.2 Å². The second kappa shape index (κ2) is 6.63. The van der Waals surface area contributed by atoms with E-state index in [4.69, 9.17) is 5.11 Å². The van der Waals surface area contributed by atoms with Crippen LogP contribution in [0.2, 0.25) is 0 Å². The first-order valence-electron chi connectivity index (χ1n) is 6.07. The third-order valence-electron chi connectivity index (χ3n) is 2.63. The summed E-state index contributed by atoms with van der Waals surface area (Å²) in [5.41, 5.74) is 1.74. The maximum absolute atomic E-state index is 12.9. The predicted molar refractivity (Wildman–Crippen MR) is 74.1 cm³/mol. The summed E-state index contributed by atoms with van der Waals surface area (Å²) in [6.07, 6.45) is 1.71. The van der Waals surface area contributed by atoms with Crippen molar-refractivity contribution in [1.29, 1.82) is 0 Å². The molecule has 2 amide bonds. The Bertz CT molecular complexity index is 604. The number of hydrogen-bond donors (Lipinski definition) is 3. The van der Waals surface area contributed by atoms with Gasteiger partial charge in [0.05, 0.1) is 0 Å². The van der Waals surface area contributed by atoms with E-state index < -0.39 is 12.0 Å². The number of amides is 2. The van der Waals surface area contributed by atoms with Crippen LogP contribution in [0.1, 0.15) is 5.56 Å². The molecule has 104 valence electrons. The van der Waals surface area contributed by atoms with Crippen LogP contribution in [-0.2, 0) is 6.42 Å². The summed E-state index contributed by atoms with van der Waals surface area (Å²) < 4.78 is 12.9. The van der Waals surface area contributed by atoms with Crippen LogP contribution in [0.15, 0.2) is 42.6 Å². The largest absolute Gasteiger partial charge is 0.396 e. The third kappa shape index (κ3) is 3.76. The second-order valence-electron chi connectivity index (χ2n) is 4.08. The van der Waals surface area contributed by atoms with Gasteiger partial charge >= 0.3 is 6.03 Å². The number of carbonyl (C=O) groups excluding carboxylic acids is 1. The normalized spacial score (nSPS) is 10.1. The number of benzene rings is 1. The summed E-state index contributed by atoms with van der Waals surface area (Å²) >= 11 is 0. The van der Waals surface area contributed by atoms with E-state index in [-0.39, 0.29) is 6.61 Å². The van der Waals surface area contributed by atoms with E-state index in [1.54, 1.807) is 12.1 Å². The van der Waals surface area contributed by atoms with Gasteiger partial charge < -0.3 is 15.7 Å². The summed E-state index contributed by atoms with van der Waals surface area (Å²) in [6.45, 7) is -0.00409. The first kappa shape index (κ1) is 14.0. The molecule has 1 aromatic heterocycles. The predicted octanol–water partition coefficient (Wildman–Crippen LogP) is 2.40. The van der Waals surface area contributed by atoms with Crippen LogP contribution >= 0.6 is 0 Å². The average molecular weight is 275 g/mol. The minimum atomic E-state index is -0.663. The Morgan fingerprint density at radius 1 is 1.25 bits per heavy atom. The number of aliphatic hydroxyl groups is 1. The number of nitrogens with zero attached hydrogens (tertiary/aromatic N) is 1. The second-order valence-corrected chi connectivity index (χ2v) is 4.08. The Kier molecular flexibility index (Phi) is 4.62. The first-order chi connectivity index (χ1) is 9.69. The lowest BCUT2D eigenvalue weighted by Gasteiger charge is -2.11. The molecule has 1 heterocycles. The SMILES string of the molecule is O=C(Nc1ccnc(F)c1)Nc1ccccc1CCO. The lowest BCUT2D eigenvalue weighted by molar-refractivity contribution is 0.262. The maximum Gasteiger partial charge on any atom is 0.323 e. The monoisotopic (exact) mass is 275 g/mol. The lowest BCUT2D eigenvalue weighted by Crippen LogP contribution is -2.20. The van der Waals surface area contributed by atoms with Crippen LogP contribution in [0.4, 0.5) is 20.6 Å². The van der Waals surface area contributed by atoms with Crippen molar-refractivity contribution in [2.24, 2.45) is 0 Å². The minimum Gasteiger partial charge on any atom is -0.396 e. The number of rotatable bonds is 4. The minimum absolute atomic E-state index is 0.00409. The highest BCUT2D eigenvalue weighted by Gasteiger charge is 2.07. The molecular weight excluding hydrogens is 261 g/mol. The fourth-order valence-corrected chi connectivity index (χ4v) is 1.75. The Balaban J connectivity index is 2.05. The lowest BCUT2D eigenvalue weighted by atomic mass is 10.1. The third-order valence-corrected chi connectivity index (χ3v) is 2.63. The zero-order valence-electron chi connectivity index (χ0n) is 10.6. The first-order valence-corrected chi connectivity index (χ1v) is 6.07. The molecule has 2 rings (SSSR count). The number of aliphatic hydroxyl groups excluding tert-OH is 1. The van der Waals surface area contributed by atoms with E-state index in [2.05, 4.69) is 15.6 Å². The topological polar surface area (TPSA) is 74.2 Å². The van der Waals surface area contributed by atoms with Crippen molar-refractivity contribution in [3.63, 3.8) is 0 Å². The highest BCUT2D eigenvalue weighted by Crippen LogP contribution is 2.16. The van der Waals surface area contributed by atoms with Gasteiger partial charge in [0.2, 0.25) is 5.95 Å². The van der Waals surface area contributed by atoms with Crippen LogP contribution in [0.3, 0.4) is 0 Å². The number of hydrogen-bond acceptors (Lipinski definition) is 3. The zero-order chi connectivity index (χ0) is 14.4. The van der Waals surface area contributed by atoms with Crippen LogP contribution in [-0.4, -0.2) is 22.7 Å². The fourth-order valence-electron chi connectivity index (χ4n) is 1.75. The van der Waals surface area contributed by atoms with Gasteiger partial charge in [0.1, 0.15) is 0 Å². The van der Waals surface area contributed by atoms with Crippen LogP contribution in [0.5, 0.6) is 0 Å². The smallest absolute Gasteiger partial charge is 0.323 e. The number of halogens is 1. The summed E-state index contributed by atoms with van der Waals surface area (Å²) in [5, 5.41) is 14.1. The highest BCUT2D eigenvalue weighted by molar-refractivity contribution is 6.00. The number of para-hydroxylation sites is 1.